The molecule has 0 saturated carbocycles. The molecule has 1 N–H and O–H groups in total. The van der Waals surface area contributed by atoms with Crippen molar-refractivity contribution in [1.82, 2.24) is 10.2 Å². The summed E-state index contributed by atoms with van der Waals surface area (Å²) in [5.74, 6) is -0.149. The van der Waals surface area contributed by atoms with Crippen LogP contribution in [0.1, 0.15) is 38.8 Å². The van der Waals surface area contributed by atoms with Crippen LogP contribution in [0.5, 0.6) is 0 Å². The van der Waals surface area contributed by atoms with Crippen molar-refractivity contribution in [3.05, 3.63) is 70.2 Å². The number of para-hydroxylation sites is 1. The van der Waals surface area contributed by atoms with Crippen LogP contribution in [0.4, 0.5) is 10.8 Å². The van der Waals surface area contributed by atoms with Gasteiger partial charge in [-0.2, -0.15) is 0 Å². The van der Waals surface area contributed by atoms with Crippen molar-refractivity contribution in [2.45, 2.75) is 26.2 Å². The predicted molar refractivity (Wildman–Crippen MR) is 110 cm³/mol. The summed E-state index contributed by atoms with van der Waals surface area (Å²) in [6, 6.07) is 15.2. The zero-order chi connectivity index (χ0) is 19.7. The van der Waals surface area contributed by atoms with Crippen molar-refractivity contribution < 1.29 is 9.59 Å². The zero-order valence-electron chi connectivity index (χ0n) is 15.7. The van der Waals surface area contributed by atoms with Crippen molar-refractivity contribution >= 4 is 34.0 Å². The number of amides is 2. The van der Waals surface area contributed by atoms with E-state index in [0.717, 1.165) is 21.8 Å². The molecule has 0 aliphatic carbocycles. The Morgan fingerprint density at radius 1 is 1.11 bits per heavy atom. The van der Waals surface area contributed by atoms with Gasteiger partial charge in [0.1, 0.15) is 5.01 Å². The minimum absolute atomic E-state index is 0.0162. The van der Waals surface area contributed by atoms with Gasteiger partial charge in [0.25, 0.3) is 5.91 Å². The quantitative estimate of drug-likeness (QED) is 0.730. The highest BCUT2D eigenvalue weighted by Gasteiger charge is 2.33. The summed E-state index contributed by atoms with van der Waals surface area (Å²) in [5.41, 5.74) is 3.69. The van der Waals surface area contributed by atoms with Crippen LogP contribution in [0.15, 0.2) is 48.5 Å². The van der Waals surface area contributed by atoms with Crippen molar-refractivity contribution in [3.63, 3.8) is 0 Å². The minimum atomic E-state index is -0.209. The first-order chi connectivity index (χ1) is 13.5. The van der Waals surface area contributed by atoms with Crippen LogP contribution >= 0.6 is 11.3 Å². The van der Waals surface area contributed by atoms with Gasteiger partial charge in [0.15, 0.2) is 0 Å². The monoisotopic (exact) mass is 392 g/mol. The van der Waals surface area contributed by atoms with E-state index in [1.54, 1.807) is 11.0 Å². The molecule has 1 saturated heterocycles. The molecular weight excluding hydrogens is 372 g/mol. The molecule has 1 unspecified atom stereocenters. The molecule has 0 radical (unpaired) electrons. The maximum atomic E-state index is 12.5. The van der Waals surface area contributed by atoms with Gasteiger partial charge in [0, 0.05) is 30.1 Å². The predicted octanol–water partition coefficient (Wildman–Crippen LogP) is 3.93. The van der Waals surface area contributed by atoms with Gasteiger partial charge in [0.05, 0.1) is 0 Å². The standard InChI is InChI=1S/C21H20N4O2S/c1-13-8-9-15(10-14(13)2)19(27)22-21-24-23-20(28-21)16-11-18(26)25(12-16)17-6-4-3-5-7-17/h3-10,16H,11-12H2,1-2H3,(H,22,24,27). The number of aryl methyl sites for hydroxylation is 2. The average molecular weight is 392 g/mol. The lowest BCUT2D eigenvalue weighted by Gasteiger charge is -2.15. The molecule has 28 heavy (non-hydrogen) atoms. The number of nitrogens with one attached hydrogen (secondary N) is 1. The second kappa shape index (κ2) is 7.52. The largest absolute Gasteiger partial charge is 0.312 e. The molecule has 1 aliphatic heterocycles. The molecule has 2 amide bonds. The normalized spacial score (nSPS) is 16.4. The Morgan fingerprint density at radius 3 is 2.64 bits per heavy atom. The van der Waals surface area contributed by atoms with Gasteiger partial charge >= 0.3 is 0 Å². The number of nitrogens with zero attached hydrogens (tertiary/aromatic N) is 3. The lowest BCUT2D eigenvalue weighted by Crippen LogP contribution is -2.24. The number of aromatic nitrogens is 2. The van der Waals surface area contributed by atoms with Crippen molar-refractivity contribution in [3.8, 4) is 0 Å². The van der Waals surface area contributed by atoms with E-state index in [0.29, 0.717) is 23.7 Å². The Labute approximate surface area is 167 Å². The smallest absolute Gasteiger partial charge is 0.257 e. The number of carbonyl (C=O) groups is 2. The maximum Gasteiger partial charge on any atom is 0.257 e. The van der Waals surface area contributed by atoms with Gasteiger partial charge in [-0.3, -0.25) is 14.9 Å². The molecule has 1 atom stereocenters. The average Bonchev–Trinajstić information content (AvgIpc) is 3.31. The highest BCUT2D eigenvalue weighted by molar-refractivity contribution is 7.15. The van der Waals surface area contributed by atoms with Crippen LogP contribution < -0.4 is 10.2 Å². The third-order valence-corrected chi connectivity index (χ3v) is 5.97. The van der Waals surface area contributed by atoms with Gasteiger partial charge < -0.3 is 4.90 Å². The van der Waals surface area contributed by atoms with E-state index in [1.807, 2.05) is 56.3 Å². The van der Waals surface area contributed by atoms with Crippen LogP contribution in [-0.4, -0.2) is 28.6 Å². The number of hydrogen-bond acceptors (Lipinski definition) is 5. The first-order valence-corrected chi connectivity index (χ1v) is 9.90. The summed E-state index contributed by atoms with van der Waals surface area (Å²) >= 11 is 1.33. The van der Waals surface area contributed by atoms with Crippen molar-refractivity contribution in [2.24, 2.45) is 0 Å². The number of benzene rings is 2. The Kier molecular flexibility index (Phi) is 4.92. The summed E-state index contributed by atoms with van der Waals surface area (Å²) in [6.45, 7) is 4.56. The molecule has 0 bridgehead atoms. The van der Waals surface area contributed by atoms with Crippen molar-refractivity contribution in [2.75, 3.05) is 16.8 Å². The van der Waals surface area contributed by atoms with E-state index in [-0.39, 0.29) is 17.7 Å². The van der Waals surface area contributed by atoms with Crippen LogP contribution in [0, 0.1) is 13.8 Å². The number of hydrogen-bond donors (Lipinski definition) is 1. The van der Waals surface area contributed by atoms with E-state index in [1.165, 1.54) is 11.3 Å². The highest BCUT2D eigenvalue weighted by atomic mass is 32.1. The molecule has 1 aliphatic rings. The molecule has 4 rings (SSSR count). The van der Waals surface area contributed by atoms with Crippen LogP contribution in [0.25, 0.3) is 0 Å². The molecule has 7 heteroatoms. The summed E-state index contributed by atoms with van der Waals surface area (Å²) in [7, 11) is 0. The second-order valence-electron chi connectivity index (χ2n) is 6.94. The van der Waals surface area contributed by atoms with Gasteiger partial charge in [-0.15, -0.1) is 10.2 Å². The second-order valence-corrected chi connectivity index (χ2v) is 7.95. The molecule has 6 nitrogen and oxygen atoms in total. The fourth-order valence-corrected chi connectivity index (χ4v) is 4.06. The zero-order valence-corrected chi connectivity index (χ0v) is 16.5. The van der Waals surface area contributed by atoms with Crippen LogP contribution in [-0.2, 0) is 4.79 Å². The molecular formula is C21H20N4O2S. The van der Waals surface area contributed by atoms with E-state index in [4.69, 9.17) is 0 Å². The Hall–Kier alpha value is -3.06. The topological polar surface area (TPSA) is 75.2 Å². The summed E-state index contributed by atoms with van der Waals surface area (Å²) in [5, 5.41) is 12.3. The maximum absolute atomic E-state index is 12.5. The molecule has 2 heterocycles. The molecule has 1 aromatic heterocycles. The first kappa shape index (κ1) is 18.3. The lowest BCUT2D eigenvalue weighted by molar-refractivity contribution is -0.117. The first-order valence-electron chi connectivity index (χ1n) is 9.08. The molecule has 2 aromatic carbocycles. The van der Waals surface area contributed by atoms with E-state index in [9.17, 15) is 9.59 Å². The Balaban J connectivity index is 1.45. The number of anilines is 2. The number of carbonyl (C=O) groups excluding carboxylic acids is 2. The fraction of sp³-hybridized carbons (Fsp3) is 0.238. The summed E-state index contributed by atoms with van der Waals surface area (Å²) in [4.78, 5) is 26.6. The SMILES string of the molecule is Cc1ccc(C(=O)Nc2nnc(C3CC(=O)N(c4ccccc4)C3)s2)cc1C. The van der Waals surface area contributed by atoms with Gasteiger partial charge in [-0.1, -0.05) is 35.6 Å². The summed E-state index contributed by atoms with van der Waals surface area (Å²) in [6.07, 6.45) is 0.397. The molecule has 0 spiro atoms. The third-order valence-electron chi connectivity index (χ3n) is 4.97. The fourth-order valence-electron chi connectivity index (χ4n) is 3.23. The van der Waals surface area contributed by atoms with Crippen molar-refractivity contribution in [1.29, 1.82) is 0 Å². The van der Waals surface area contributed by atoms with Gasteiger partial charge in [-0.25, -0.2) is 0 Å². The molecule has 3 aromatic rings. The van der Waals surface area contributed by atoms with E-state index < -0.39 is 0 Å². The lowest BCUT2D eigenvalue weighted by atomic mass is 10.1. The van der Waals surface area contributed by atoms with E-state index >= 15 is 0 Å². The molecule has 142 valence electrons. The Morgan fingerprint density at radius 2 is 1.89 bits per heavy atom. The van der Waals surface area contributed by atoms with Gasteiger partial charge in [-0.05, 0) is 49.2 Å². The van der Waals surface area contributed by atoms with Crippen LogP contribution in [0.2, 0.25) is 0 Å². The van der Waals surface area contributed by atoms with Gasteiger partial charge in [0.2, 0.25) is 11.0 Å². The summed E-state index contributed by atoms with van der Waals surface area (Å²) < 4.78 is 0. The Bertz CT molecular complexity index is 1030. The number of rotatable bonds is 4. The molecule has 1 fully saturated rings. The van der Waals surface area contributed by atoms with E-state index in [2.05, 4.69) is 15.5 Å². The minimum Gasteiger partial charge on any atom is -0.312 e. The highest BCUT2D eigenvalue weighted by Crippen LogP contribution is 2.34. The van der Waals surface area contributed by atoms with Crippen LogP contribution in [0.3, 0.4) is 0 Å². The third kappa shape index (κ3) is 3.66.